The molecule has 5 rings (SSSR count). The normalized spacial score (nSPS) is 11.0. The summed E-state index contributed by atoms with van der Waals surface area (Å²) in [5.41, 5.74) is 5.66. The Labute approximate surface area is 184 Å². The van der Waals surface area contributed by atoms with Crippen LogP contribution in [-0.2, 0) is 13.7 Å². The van der Waals surface area contributed by atoms with Crippen LogP contribution in [0.2, 0.25) is 5.02 Å². The molecule has 2 aromatic carbocycles. The van der Waals surface area contributed by atoms with Crippen molar-refractivity contribution in [1.29, 1.82) is 0 Å². The second-order valence-corrected chi connectivity index (χ2v) is 7.66. The van der Waals surface area contributed by atoms with Crippen LogP contribution in [0.3, 0.4) is 0 Å². The molecule has 0 aliphatic carbocycles. The van der Waals surface area contributed by atoms with E-state index in [4.69, 9.17) is 21.3 Å². The topological polar surface area (TPSA) is 52.8 Å². The van der Waals surface area contributed by atoms with Gasteiger partial charge in [0.15, 0.2) is 0 Å². The molecule has 31 heavy (non-hydrogen) atoms. The number of ether oxygens (including phenoxy) is 1. The van der Waals surface area contributed by atoms with E-state index in [1.54, 1.807) is 17.1 Å². The molecule has 5 aromatic rings. The maximum absolute atomic E-state index is 6.49. The Morgan fingerprint density at radius 2 is 1.71 bits per heavy atom. The van der Waals surface area contributed by atoms with Crippen molar-refractivity contribution in [3.63, 3.8) is 0 Å². The van der Waals surface area contributed by atoms with Gasteiger partial charge < -0.3 is 4.74 Å². The molecule has 5 nitrogen and oxygen atoms in total. The van der Waals surface area contributed by atoms with Gasteiger partial charge in [0.1, 0.15) is 6.61 Å². The van der Waals surface area contributed by atoms with Gasteiger partial charge in [-0.2, -0.15) is 0 Å². The summed E-state index contributed by atoms with van der Waals surface area (Å²) < 4.78 is 7.78. The van der Waals surface area contributed by atoms with E-state index in [2.05, 4.69) is 10.1 Å². The average molecular weight is 427 g/mol. The number of fused-ring (bicyclic) bond motifs is 1. The molecule has 0 amide bonds. The zero-order chi connectivity index (χ0) is 21.2. The van der Waals surface area contributed by atoms with E-state index in [0.29, 0.717) is 17.5 Å². The van der Waals surface area contributed by atoms with E-state index < -0.39 is 0 Å². The van der Waals surface area contributed by atoms with Crippen LogP contribution in [0.15, 0.2) is 85.3 Å². The van der Waals surface area contributed by atoms with Crippen LogP contribution < -0.4 is 4.74 Å². The molecular weight excluding hydrogens is 408 g/mol. The Bertz CT molecular complexity index is 1350. The third-order valence-electron chi connectivity index (χ3n) is 5.07. The van der Waals surface area contributed by atoms with Crippen molar-refractivity contribution in [3.8, 4) is 28.3 Å². The first kappa shape index (κ1) is 19.3. The van der Waals surface area contributed by atoms with Crippen molar-refractivity contribution in [2.24, 2.45) is 7.05 Å². The van der Waals surface area contributed by atoms with Crippen molar-refractivity contribution in [2.45, 2.75) is 6.61 Å². The van der Waals surface area contributed by atoms with Gasteiger partial charge in [-0.25, -0.2) is 4.98 Å². The number of aromatic nitrogens is 4. The van der Waals surface area contributed by atoms with Crippen molar-refractivity contribution in [1.82, 2.24) is 19.7 Å². The highest BCUT2D eigenvalue weighted by atomic mass is 35.5. The van der Waals surface area contributed by atoms with Crippen molar-refractivity contribution < 1.29 is 4.74 Å². The fourth-order valence-electron chi connectivity index (χ4n) is 3.51. The SMILES string of the molecule is Cn1cc(-c2ccncc2)c(OCc2ccc(-c3nc4ccccc4cc3Cl)cc2)n1. The lowest BCUT2D eigenvalue weighted by Crippen LogP contribution is -1.98. The Hall–Kier alpha value is -3.70. The predicted octanol–water partition coefficient (Wildman–Crippen LogP) is 5.93. The maximum atomic E-state index is 6.49. The van der Waals surface area contributed by atoms with Crippen LogP contribution in [0.5, 0.6) is 5.88 Å². The molecule has 3 aromatic heterocycles. The molecule has 152 valence electrons. The van der Waals surface area contributed by atoms with Crippen LogP contribution in [-0.4, -0.2) is 19.7 Å². The maximum Gasteiger partial charge on any atom is 0.241 e. The smallest absolute Gasteiger partial charge is 0.241 e. The molecule has 0 saturated carbocycles. The lowest BCUT2D eigenvalue weighted by molar-refractivity contribution is 0.292. The fraction of sp³-hybridized carbons (Fsp3) is 0.0800. The summed E-state index contributed by atoms with van der Waals surface area (Å²) in [4.78, 5) is 8.81. The minimum atomic E-state index is 0.411. The van der Waals surface area contributed by atoms with Gasteiger partial charge in [0.2, 0.25) is 5.88 Å². The van der Waals surface area contributed by atoms with Crippen LogP contribution in [0.1, 0.15) is 5.56 Å². The Morgan fingerprint density at radius 1 is 0.935 bits per heavy atom. The number of nitrogens with zero attached hydrogens (tertiary/aromatic N) is 4. The highest BCUT2D eigenvalue weighted by Crippen LogP contribution is 2.31. The summed E-state index contributed by atoms with van der Waals surface area (Å²) in [6, 6.07) is 21.9. The quantitative estimate of drug-likeness (QED) is 0.349. The summed E-state index contributed by atoms with van der Waals surface area (Å²) >= 11 is 6.49. The van der Waals surface area contributed by atoms with E-state index in [1.165, 1.54) is 0 Å². The summed E-state index contributed by atoms with van der Waals surface area (Å²) in [6.45, 7) is 0.411. The first-order valence-electron chi connectivity index (χ1n) is 9.89. The molecular formula is C25H19ClN4O. The Morgan fingerprint density at radius 3 is 2.52 bits per heavy atom. The second-order valence-electron chi connectivity index (χ2n) is 7.25. The number of benzene rings is 2. The minimum absolute atomic E-state index is 0.411. The van der Waals surface area contributed by atoms with Gasteiger partial charge >= 0.3 is 0 Å². The largest absolute Gasteiger partial charge is 0.471 e. The summed E-state index contributed by atoms with van der Waals surface area (Å²) in [5.74, 6) is 0.594. The predicted molar refractivity (Wildman–Crippen MR) is 123 cm³/mol. The van der Waals surface area contributed by atoms with E-state index in [0.717, 1.165) is 38.9 Å². The van der Waals surface area contributed by atoms with Crippen molar-refractivity contribution >= 4 is 22.5 Å². The average Bonchev–Trinajstić information content (AvgIpc) is 3.19. The lowest BCUT2D eigenvalue weighted by atomic mass is 10.1. The molecule has 0 saturated heterocycles. The molecule has 0 aliphatic rings. The number of aryl methyl sites for hydroxylation is 1. The molecule has 0 aliphatic heterocycles. The third kappa shape index (κ3) is 4.00. The summed E-state index contributed by atoms with van der Waals surface area (Å²) in [5, 5.41) is 6.12. The van der Waals surface area contributed by atoms with Gasteiger partial charge in [-0.15, -0.1) is 5.10 Å². The zero-order valence-electron chi connectivity index (χ0n) is 16.9. The number of hydrogen-bond donors (Lipinski definition) is 0. The minimum Gasteiger partial charge on any atom is -0.471 e. The molecule has 0 atom stereocenters. The molecule has 0 radical (unpaired) electrons. The van der Waals surface area contributed by atoms with E-state index >= 15 is 0 Å². The Balaban J connectivity index is 1.36. The van der Waals surface area contributed by atoms with Gasteiger partial charge in [0.25, 0.3) is 0 Å². The van der Waals surface area contributed by atoms with Crippen LogP contribution in [0, 0.1) is 0 Å². The van der Waals surface area contributed by atoms with Crippen LogP contribution in [0.4, 0.5) is 0 Å². The molecule has 3 heterocycles. The number of pyridine rings is 2. The zero-order valence-corrected chi connectivity index (χ0v) is 17.6. The molecule has 0 unspecified atom stereocenters. The fourth-order valence-corrected chi connectivity index (χ4v) is 3.78. The number of hydrogen-bond acceptors (Lipinski definition) is 4. The molecule has 0 bridgehead atoms. The van der Waals surface area contributed by atoms with Crippen LogP contribution in [0.25, 0.3) is 33.3 Å². The number of para-hydroxylation sites is 1. The molecule has 0 N–H and O–H groups in total. The second kappa shape index (κ2) is 8.20. The monoisotopic (exact) mass is 426 g/mol. The first-order valence-corrected chi connectivity index (χ1v) is 10.3. The van der Waals surface area contributed by atoms with E-state index in [-0.39, 0.29) is 0 Å². The number of halogens is 1. The highest BCUT2D eigenvalue weighted by Gasteiger charge is 2.12. The highest BCUT2D eigenvalue weighted by molar-refractivity contribution is 6.33. The van der Waals surface area contributed by atoms with Gasteiger partial charge in [-0.1, -0.05) is 54.1 Å². The Kier molecular flexibility index (Phi) is 5.10. The van der Waals surface area contributed by atoms with Crippen molar-refractivity contribution in [3.05, 3.63) is 95.9 Å². The summed E-state index contributed by atoms with van der Waals surface area (Å²) in [7, 11) is 1.88. The molecule has 0 fully saturated rings. The van der Waals surface area contributed by atoms with Crippen molar-refractivity contribution in [2.75, 3.05) is 0 Å². The van der Waals surface area contributed by atoms with Crippen LogP contribution >= 0.6 is 11.6 Å². The molecule has 0 spiro atoms. The first-order chi connectivity index (χ1) is 15.2. The lowest BCUT2D eigenvalue weighted by Gasteiger charge is -2.09. The summed E-state index contributed by atoms with van der Waals surface area (Å²) in [6.07, 6.45) is 5.47. The van der Waals surface area contributed by atoms with E-state index in [1.807, 2.05) is 80.0 Å². The van der Waals surface area contributed by atoms with Gasteiger partial charge in [0.05, 0.1) is 21.8 Å². The third-order valence-corrected chi connectivity index (χ3v) is 5.35. The van der Waals surface area contributed by atoms with Gasteiger partial charge in [0, 0.05) is 36.6 Å². The van der Waals surface area contributed by atoms with Gasteiger partial charge in [-0.05, 0) is 35.4 Å². The van der Waals surface area contributed by atoms with E-state index in [9.17, 15) is 0 Å². The standard InChI is InChI=1S/C25H19ClN4O/c1-30-15-21(18-10-12-27-13-11-18)25(29-30)31-16-17-6-8-19(9-7-17)24-22(26)14-20-4-2-3-5-23(20)28-24/h2-15H,16H2,1H3. The number of rotatable bonds is 5. The molecule has 6 heteroatoms. The van der Waals surface area contributed by atoms with Gasteiger partial charge in [-0.3, -0.25) is 9.67 Å².